The van der Waals surface area contributed by atoms with Gasteiger partial charge in [-0.15, -0.1) is 0 Å². The Kier molecular flexibility index (Phi) is 4.75. The first-order chi connectivity index (χ1) is 12.9. The van der Waals surface area contributed by atoms with E-state index in [0.717, 1.165) is 12.0 Å². The molecule has 0 spiro atoms. The van der Waals surface area contributed by atoms with Crippen LogP contribution < -0.4 is 0 Å². The van der Waals surface area contributed by atoms with Crippen LogP contribution in [-0.2, 0) is 0 Å². The molecule has 1 nitrogen and oxygen atoms in total. The Morgan fingerprint density at radius 3 is 2.46 bits per heavy atom. The molecule has 4 aromatic rings. The van der Waals surface area contributed by atoms with Gasteiger partial charge in [-0.05, 0) is 30.2 Å². The Bertz CT molecular complexity index is 1090. The third-order valence-corrected chi connectivity index (χ3v) is 4.88. The van der Waals surface area contributed by atoms with Gasteiger partial charge in [0.1, 0.15) is 0 Å². The largest absolute Gasteiger partial charge is 0.354 e. The van der Waals surface area contributed by atoms with Crippen molar-refractivity contribution in [1.82, 2.24) is 4.98 Å². The smallest absolute Gasteiger partial charge is 0.0544 e. The molecule has 4 rings (SSSR count). The van der Waals surface area contributed by atoms with Crippen molar-refractivity contribution in [3.8, 4) is 23.0 Å². The predicted octanol–water partition coefficient (Wildman–Crippen LogP) is 6.92. The molecule has 0 bridgehead atoms. The van der Waals surface area contributed by atoms with E-state index >= 15 is 0 Å². The van der Waals surface area contributed by atoms with Crippen LogP contribution in [0.3, 0.4) is 0 Å². The van der Waals surface area contributed by atoms with Gasteiger partial charge in [-0.3, -0.25) is 0 Å². The van der Waals surface area contributed by atoms with Crippen LogP contribution in [0.25, 0.3) is 32.9 Å². The van der Waals surface area contributed by atoms with Gasteiger partial charge in [0.15, 0.2) is 0 Å². The zero-order chi connectivity index (χ0) is 17.8. The van der Waals surface area contributed by atoms with E-state index < -0.39 is 0 Å². The number of para-hydroxylation sites is 2. The molecule has 0 fully saturated rings. The van der Waals surface area contributed by atoms with E-state index in [2.05, 4.69) is 90.5 Å². The molecular formula is C25H23N. The predicted molar refractivity (Wildman–Crippen MR) is 112 cm³/mol. The van der Waals surface area contributed by atoms with Crippen molar-refractivity contribution < 1.29 is 0 Å². The van der Waals surface area contributed by atoms with Gasteiger partial charge >= 0.3 is 0 Å². The highest BCUT2D eigenvalue weighted by atomic mass is 14.7. The average Bonchev–Trinajstić information content (AvgIpc) is 3.07. The summed E-state index contributed by atoms with van der Waals surface area (Å²) in [6, 6.07) is 23.6. The van der Waals surface area contributed by atoms with E-state index in [1.807, 2.05) is 0 Å². The highest BCUT2D eigenvalue weighted by Gasteiger charge is 2.08. The second-order valence-electron chi connectivity index (χ2n) is 6.73. The Morgan fingerprint density at radius 2 is 1.62 bits per heavy atom. The molecule has 0 aliphatic heterocycles. The van der Waals surface area contributed by atoms with E-state index in [-0.39, 0.29) is 0 Å². The molecule has 0 saturated heterocycles. The molecule has 1 aromatic heterocycles. The van der Waals surface area contributed by atoms with Gasteiger partial charge in [-0.25, -0.2) is 0 Å². The quantitative estimate of drug-likeness (QED) is 0.307. The van der Waals surface area contributed by atoms with Crippen molar-refractivity contribution >= 4 is 21.8 Å². The number of fused-ring (bicyclic) bond motifs is 3. The van der Waals surface area contributed by atoms with Crippen LogP contribution in [0.5, 0.6) is 0 Å². The lowest BCUT2D eigenvalue weighted by atomic mass is 10.0. The Labute approximate surface area is 155 Å². The molecule has 3 aromatic carbocycles. The number of aromatic amines is 1. The normalized spacial score (nSPS) is 10.8. The SMILES string of the molecule is CCCCCC#Cc1ccc(-c2cccc3c2[nH]c2ccccc23)cc1. The van der Waals surface area contributed by atoms with Crippen LogP contribution in [0.4, 0.5) is 0 Å². The van der Waals surface area contributed by atoms with Crippen LogP contribution in [0.2, 0.25) is 0 Å². The summed E-state index contributed by atoms with van der Waals surface area (Å²) in [5.74, 6) is 6.57. The Balaban J connectivity index is 1.65. The molecule has 128 valence electrons. The van der Waals surface area contributed by atoms with E-state index in [4.69, 9.17) is 0 Å². The van der Waals surface area contributed by atoms with Gasteiger partial charge in [-0.2, -0.15) is 0 Å². The third kappa shape index (κ3) is 3.24. The minimum Gasteiger partial charge on any atom is -0.354 e. The topological polar surface area (TPSA) is 15.8 Å². The maximum Gasteiger partial charge on any atom is 0.0544 e. The number of hydrogen-bond acceptors (Lipinski definition) is 0. The molecule has 0 atom stereocenters. The van der Waals surface area contributed by atoms with E-state index in [1.165, 1.54) is 52.2 Å². The minimum atomic E-state index is 0.990. The van der Waals surface area contributed by atoms with Crippen molar-refractivity contribution in [3.05, 3.63) is 72.3 Å². The fourth-order valence-electron chi connectivity index (χ4n) is 3.47. The highest BCUT2D eigenvalue weighted by molar-refractivity contribution is 6.11. The van der Waals surface area contributed by atoms with Crippen molar-refractivity contribution in [2.75, 3.05) is 0 Å². The molecule has 1 heterocycles. The van der Waals surface area contributed by atoms with Gasteiger partial charge in [0.2, 0.25) is 0 Å². The fraction of sp³-hybridized carbons (Fsp3) is 0.200. The van der Waals surface area contributed by atoms with Gasteiger partial charge < -0.3 is 4.98 Å². The lowest BCUT2D eigenvalue weighted by Crippen LogP contribution is -1.82. The molecule has 0 unspecified atom stereocenters. The molecule has 26 heavy (non-hydrogen) atoms. The summed E-state index contributed by atoms with van der Waals surface area (Å²) in [5.41, 5.74) is 5.94. The van der Waals surface area contributed by atoms with Crippen molar-refractivity contribution in [1.29, 1.82) is 0 Å². The molecule has 0 aliphatic carbocycles. The van der Waals surface area contributed by atoms with Crippen molar-refractivity contribution in [3.63, 3.8) is 0 Å². The molecule has 1 heteroatoms. The third-order valence-electron chi connectivity index (χ3n) is 4.88. The number of unbranched alkanes of at least 4 members (excludes halogenated alkanes) is 3. The van der Waals surface area contributed by atoms with Crippen LogP contribution in [0, 0.1) is 11.8 Å². The molecule has 1 N–H and O–H groups in total. The number of benzene rings is 3. The summed E-state index contributed by atoms with van der Waals surface area (Å²) in [4.78, 5) is 3.59. The molecular weight excluding hydrogens is 314 g/mol. The van der Waals surface area contributed by atoms with E-state index in [1.54, 1.807) is 0 Å². The first-order valence-corrected chi connectivity index (χ1v) is 9.45. The average molecular weight is 337 g/mol. The second kappa shape index (κ2) is 7.50. The van der Waals surface area contributed by atoms with Gasteiger partial charge in [0, 0.05) is 33.8 Å². The molecule has 0 aliphatic rings. The summed E-state index contributed by atoms with van der Waals surface area (Å²) in [5, 5.41) is 2.55. The lowest BCUT2D eigenvalue weighted by Gasteiger charge is -2.04. The summed E-state index contributed by atoms with van der Waals surface area (Å²) in [6.45, 7) is 2.22. The van der Waals surface area contributed by atoms with E-state index in [9.17, 15) is 0 Å². The number of rotatable bonds is 4. The molecule has 0 radical (unpaired) electrons. The van der Waals surface area contributed by atoms with Crippen molar-refractivity contribution in [2.24, 2.45) is 0 Å². The monoisotopic (exact) mass is 337 g/mol. The number of hydrogen-bond donors (Lipinski definition) is 1. The molecule has 0 amide bonds. The number of aromatic nitrogens is 1. The van der Waals surface area contributed by atoms with Gasteiger partial charge in [0.25, 0.3) is 0 Å². The summed E-state index contributed by atoms with van der Waals surface area (Å²) >= 11 is 0. The molecule has 0 saturated carbocycles. The first kappa shape index (κ1) is 16.5. The fourth-order valence-corrected chi connectivity index (χ4v) is 3.47. The number of H-pyrrole nitrogens is 1. The van der Waals surface area contributed by atoms with E-state index in [0.29, 0.717) is 0 Å². The summed E-state index contributed by atoms with van der Waals surface area (Å²) in [6.07, 6.45) is 4.70. The maximum atomic E-state index is 3.59. The summed E-state index contributed by atoms with van der Waals surface area (Å²) < 4.78 is 0. The first-order valence-electron chi connectivity index (χ1n) is 9.45. The summed E-state index contributed by atoms with van der Waals surface area (Å²) in [7, 11) is 0. The second-order valence-corrected chi connectivity index (χ2v) is 6.73. The zero-order valence-electron chi connectivity index (χ0n) is 15.2. The van der Waals surface area contributed by atoms with Gasteiger partial charge in [0.05, 0.1) is 5.52 Å². The highest BCUT2D eigenvalue weighted by Crippen LogP contribution is 2.33. The van der Waals surface area contributed by atoms with Crippen LogP contribution in [0.1, 0.15) is 38.2 Å². The van der Waals surface area contributed by atoms with Gasteiger partial charge in [-0.1, -0.05) is 80.1 Å². The zero-order valence-corrected chi connectivity index (χ0v) is 15.2. The Morgan fingerprint density at radius 1 is 0.808 bits per heavy atom. The standard InChI is InChI=1S/C25H23N/c1-2-3-4-5-6-10-19-15-17-20(18-16-19)21-12-9-13-23-22-11-7-8-14-24(22)26-25(21)23/h7-9,11-18,26H,2-5H2,1H3. The maximum absolute atomic E-state index is 3.59. The minimum absolute atomic E-state index is 0.990. The van der Waals surface area contributed by atoms with Crippen LogP contribution >= 0.6 is 0 Å². The number of nitrogens with one attached hydrogen (secondary N) is 1. The van der Waals surface area contributed by atoms with Crippen LogP contribution in [0.15, 0.2) is 66.7 Å². The van der Waals surface area contributed by atoms with Crippen molar-refractivity contribution in [2.45, 2.75) is 32.6 Å². The Hall–Kier alpha value is -2.98. The lowest BCUT2D eigenvalue weighted by molar-refractivity contribution is 0.737. The van der Waals surface area contributed by atoms with Crippen LogP contribution in [-0.4, -0.2) is 4.98 Å².